The molecular weight excluding hydrogens is 256 g/mol. The average molecular weight is 289 g/mol. The van der Waals surface area contributed by atoms with Crippen LogP contribution in [0.2, 0.25) is 37.3 Å². The molecule has 18 heavy (non-hydrogen) atoms. The van der Waals surface area contributed by atoms with Gasteiger partial charge in [-0.25, -0.2) is 0 Å². The van der Waals surface area contributed by atoms with Crippen molar-refractivity contribution >= 4 is 16.6 Å². The molecule has 0 aromatic carbocycles. The van der Waals surface area contributed by atoms with Gasteiger partial charge >= 0.3 is 0 Å². The second-order valence-electron chi connectivity index (χ2n) is 8.06. The van der Waals surface area contributed by atoms with Crippen molar-refractivity contribution in [2.45, 2.75) is 90.0 Å². The van der Waals surface area contributed by atoms with E-state index in [2.05, 4.69) is 67.7 Å². The van der Waals surface area contributed by atoms with Crippen LogP contribution in [0.1, 0.15) is 41.5 Å². The van der Waals surface area contributed by atoms with Crippen LogP contribution in [0.15, 0.2) is 0 Å². The zero-order valence-corrected chi connectivity index (χ0v) is 16.0. The van der Waals surface area contributed by atoms with Crippen LogP contribution in [0.4, 0.5) is 0 Å². The van der Waals surface area contributed by atoms with Gasteiger partial charge in [0.25, 0.3) is 0 Å². The zero-order chi connectivity index (χ0) is 14.6. The normalized spacial score (nSPS) is 37.7. The lowest BCUT2D eigenvalue weighted by Crippen LogP contribution is -2.61. The van der Waals surface area contributed by atoms with Crippen LogP contribution in [0.5, 0.6) is 0 Å². The third-order valence-electron chi connectivity index (χ3n) is 5.22. The summed E-state index contributed by atoms with van der Waals surface area (Å²) in [7, 11) is -3.51. The Morgan fingerprint density at radius 1 is 0.667 bits per heavy atom. The monoisotopic (exact) mass is 288 g/mol. The fourth-order valence-corrected chi connectivity index (χ4v) is 10.5. The molecule has 0 amide bonds. The third-order valence-corrected chi connectivity index (χ3v) is 12.9. The third kappa shape index (κ3) is 2.92. The molecule has 1 aliphatic rings. The van der Waals surface area contributed by atoms with E-state index in [4.69, 9.17) is 8.85 Å². The van der Waals surface area contributed by atoms with Crippen LogP contribution in [-0.4, -0.2) is 27.8 Å². The van der Waals surface area contributed by atoms with Crippen LogP contribution >= 0.6 is 0 Å². The van der Waals surface area contributed by atoms with Gasteiger partial charge in [0.1, 0.15) is 0 Å². The summed E-state index contributed by atoms with van der Waals surface area (Å²) in [4.78, 5) is 0. The van der Waals surface area contributed by atoms with Gasteiger partial charge in [0, 0.05) is 11.1 Å². The summed E-state index contributed by atoms with van der Waals surface area (Å²) in [6, 6.07) is 0. The second kappa shape index (κ2) is 4.43. The van der Waals surface area contributed by atoms with Crippen molar-refractivity contribution in [2.24, 2.45) is 0 Å². The molecule has 2 nitrogen and oxygen atoms in total. The van der Waals surface area contributed by atoms with Gasteiger partial charge in [-0.1, -0.05) is 13.8 Å². The van der Waals surface area contributed by atoms with Gasteiger partial charge in [-0.05, 0) is 53.9 Å². The minimum absolute atomic E-state index is 0.0732. The van der Waals surface area contributed by atoms with Crippen molar-refractivity contribution in [3.8, 4) is 0 Å². The second-order valence-corrected chi connectivity index (χ2v) is 16.6. The lowest BCUT2D eigenvalue weighted by atomic mass is 10.1. The van der Waals surface area contributed by atoms with Crippen molar-refractivity contribution in [3.63, 3.8) is 0 Å². The maximum absolute atomic E-state index is 6.66. The van der Waals surface area contributed by atoms with Gasteiger partial charge in [-0.3, -0.25) is 0 Å². The first-order valence-corrected chi connectivity index (χ1v) is 13.1. The van der Waals surface area contributed by atoms with E-state index in [1.165, 1.54) is 0 Å². The zero-order valence-electron chi connectivity index (χ0n) is 14.0. The molecule has 0 aromatic rings. The van der Waals surface area contributed by atoms with Crippen LogP contribution in [0, 0.1) is 0 Å². The molecule has 0 aliphatic carbocycles. The summed E-state index contributed by atoms with van der Waals surface area (Å²) in [5.74, 6) is 0. The molecule has 108 valence electrons. The van der Waals surface area contributed by atoms with E-state index in [1.54, 1.807) is 0 Å². The van der Waals surface area contributed by atoms with Crippen molar-refractivity contribution < 1.29 is 8.85 Å². The maximum Gasteiger partial charge on any atom is 0.193 e. The quantitative estimate of drug-likeness (QED) is 0.597. The molecule has 0 spiro atoms. The average Bonchev–Trinajstić information content (AvgIpc) is 2.10. The molecule has 1 rings (SSSR count). The summed E-state index contributed by atoms with van der Waals surface area (Å²) in [5.41, 5.74) is 0.832. The highest BCUT2D eigenvalue weighted by Crippen LogP contribution is 2.48. The molecule has 2 atom stereocenters. The summed E-state index contributed by atoms with van der Waals surface area (Å²) >= 11 is 0. The Hall–Kier alpha value is 0.354. The smallest absolute Gasteiger partial charge is 0.193 e. The summed E-state index contributed by atoms with van der Waals surface area (Å²) in [6.45, 7) is 22.9. The van der Waals surface area contributed by atoms with Crippen molar-refractivity contribution in [2.75, 3.05) is 0 Å². The predicted molar refractivity (Wildman–Crippen MR) is 84.1 cm³/mol. The van der Waals surface area contributed by atoms with E-state index in [-0.39, 0.29) is 11.2 Å². The molecule has 1 aliphatic heterocycles. The first kappa shape index (κ1) is 16.4. The molecule has 1 fully saturated rings. The van der Waals surface area contributed by atoms with E-state index in [1.807, 2.05) is 0 Å². The van der Waals surface area contributed by atoms with Crippen molar-refractivity contribution in [1.29, 1.82) is 0 Å². The van der Waals surface area contributed by atoms with Gasteiger partial charge in [0.05, 0.1) is 11.2 Å². The molecular formula is C14H32O2Si2. The maximum atomic E-state index is 6.66. The largest absolute Gasteiger partial charge is 0.412 e. The number of rotatable bonds is 0. The Morgan fingerprint density at radius 3 is 1.11 bits per heavy atom. The molecule has 0 bridgehead atoms. The van der Waals surface area contributed by atoms with Gasteiger partial charge in [0.15, 0.2) is 16.6 Å². The molecule has 0 saturated carbocycles. The molecule has 4 heteroatoms. The van der Waals surface area contributed by atoms with Gasteiger partial charge in [0.2, 0.25) is 0 Å². The summed E-state index contributed by atoms with van der Waals surface area (Å²) < 4.78 is 13.3. The lowest BCUT2D eigenvalue weighted by Gasteiger charge is -2.54. The Kier molecular flexibility index (Phi) is 4.04. The van der Waals surface area contributed by atoms with Crippen molar-refractivity contribution in [3.05, 3.63) is 0 Å². The minimum atomic E-state index is -1.75. The molecule has 0 radical (unpaired) electrons. The van der Waals surface area contributed by atoms with Crippen LogP contribution < -0.4 is 0 Å². The first-order valence-electron chi connectivity index (χ1n) is 7.13. The Bertz CT molecular complexity index is 262. The van der Waals surface area contributed by atoms with E-state index in [9.17, 15) is 0 Å². The molecule has 2 unspecified atom stereocenters. The van der Waals surface area contributed by atoms with Gasteiger partial charge < -0.3 is 8.85 Å². The number of hydrogen-bond acceptors (Lipinski definition) is 2. The first-order chi connectivity index (χ1) is 7.72. The molecule has 1 heterocycles. The standard InChI is InChI=1S/C14H32O2Si2/c1-11-13(3,4)15-18(9,10)12(2)14(5,6)16-17(11,7)8/h11-12H,1-10H3. The van der Waals surface area contributed by atoms with E-state index < -0.39 is 16.6 Å². The molecule has 0 N–H and O–H groups in total. The lowest BCUT2D eigenvalue weighted by molar-refractivity contribution is 0.0216. The Balaban J connectivity index is 3.25. The molecule has 1 saturated heterocycles. The van der Waals surface area contributed by atoms with Crippen LogP contribution in [0.3, 0.4) is 0 Å². The summed E-state index contributed by atoms with van der Waals surface area (Å²) in [5, 5.41) is 0. The van der Waals surface area contributed by atoms with E-state index in [0.29, 0.717) is 11.1 Å². The molecule has 0 aromatic heterocycles. The highest BCUT2D eigenvalue weighted by molar-refractivity contribution is 6.75. The highest BCUT2D eigenvalue weighted by atomic mass is 28.4. The highest BCUT2D eigenvalue weighted by Gasteiger charge is 2.54. The summed E-state index contributed by atoms with van der Waals surface area (Å²) in [6.07, 6.45) is 0. The SMILES string of the molecule is CC1C(C)(C)O[Si](C)(C)C(C)C(C)(C)O[Si]1(C)C. The Labute approximate surface area is 116 Å². The van der Waals surface area contributed by atoms with E-state index in [0.717, 1.165) is 0 Å². The van der Waals surface area contributed by atoms with Crippen LogP contribution in [0.25, 0.3) is 0 Å². The number of hydrogen-bond donors (Lipinski definition) is 0. The van der Waals surface area contributed by atoms with E-state index >= 15 is 0 Å². The topological polar surface area (TPSA) is 18.5 Å². The van der Waals surface area contributed by atoms with Crippen LogP contribution in [-0.2, 0) is 8.85 Å². The van der Waals surface area contributed by atoms with Gasteiger partial charge in [-0.15, -0.1) is 0 Å². The van der Waals surface area contributed by atoms with Gasteiger partial charge in [-0.2, -0.15) is 0 Å². The Morgan fingerprint density at radius 2 is 0.889 bits per heavy atom. The predicted octanol–water partition coefficient (Wildman–Crippen LogP) is 4.78. The minimum Gasteiger partial charge on any atom is -0.412 e. The fraction of sp³-hybridized carbons (Fsp3) is 1.00. The fourth-order valence-electron chi connectivity index (χ4n) is 3.38. The van der Waals surface area contributed by atoms with Crippen molar-refractivity contribution in [1.82, 2.24) is 0 Å².